The highest BCUT2D eigenvalue weighted by Crippen LogP contribution is 2.34. The topological polar surface area (TPSA) is 92.4 Å². The molecule has 3 aromatic rings. The first-order valence-corrected chi connectivity index (χ1v) is 10.9. The number of aliphatic hydroxyl groups is 1. The van der Waals surface area contributed by atoms with Crippen molar-refractivity contribution in [2.24, 2.45) is 5.92 Å². The number of carbonyl (C=O) groups is 1. The van der Waals surface area contributed by atoms with Crippen LogP contribution in [0.1, 0.15) is 48.9 Å². The number of benzene rings is 2. The summed E-state index contributed by atoms with van der Waals surface area (Å²) in [6.45, 7) is 3.72. The summed E-state index contributed by atoms with van der Waals surface area (Å²) in [6, 6.07) is 12.5. The van der Waals surface area contributed by atoms with Crippen molar-refractivity contribution in [3.8, 4) is 11.8 Å². The van der Waals surface area contributed by atoms with Gasteiger partial charge in [0.1, 0.15) is 0 Å². The van der Waals surface area contributed by atoms with E-state index >= 15 is 0 Å². The molecule has 1 aromatic heterocycles. The molecular formula is C26H26N2O4. The first kappa shape index (κ1) is 21.8. The number of hydrogen-bond donors (Lipinski definition) is 2. The van der Waals surface area contributed by atoms with Crippen molar-refractivity contribution in [1.82, 2.24) is 5.16 Å². The lowest BCUT2D eigenvalue weighted by molar-refractivity contribution is -0.134. The van der Waals surface area contributed by atoms with Crippen molar-refractivity contribution < 1.29 is 14.4 Å². The standard InChI is InChI=1S/C26H26N2O4/c1-17-8-10-19(11-9-17)14-15-26(31,20-6-4-3-5-7-20)25(30)27-21-12-13-22-23(16-21)18(2)28-32-24(22)29/h8-13,16,20,31H,3-7H2,1-2H3,(H,27,30). The van der Waals surface area contributed by atoms with Crippen LogP contribution in [0.15, 0.2) is 51.8 Å². The molecule has 1 saturated carbocycles. The lowest BCUT2D eigenvalue weighted by atomic mass is 9.76. The van der Waals surface area contributed by atoms with Gasteiger partial charge in [-0.15, -0.1) is 0 Å². The lowest BCUT2D eigenvalue weighted by Crippen LogP contribution is -2.48. The van der Waals surface area contributed by atoms with Crippen LogP contribution in [0.4, 0.5) is 5.69 Å². The second kappa shape index (κ2) is 8.97. The van der Waals surface area contributed by atoms with Crippen LogP contribution in [0.5, 0.6) is 0 Å². The van der Waals surface area contributed by atoms with Crippen molar-refractivity contribution in [3.63, 3.8) is 0 Å². The van der Waals surface area contributed by atoms with Gasteiger partial charge in [0.05, 0.1) is 11.1 Å². The first-order chi connectivity index (χ1) is 15.4. The lowest BCUT2D eigenvalue weighted by Gasteiger charge is -2.33. The van der Waals surface area contributed by atoms with Gasteiger partial charge >= 0.3 is 5.63 Å². The Balaban J connectivity index is 1.67. The van der Waals surface area contributed by atoms with E-state index < -0.39 is 17.1 Å². The molecule has 6 heteroatoms. The predicted octanol–water partition coefficient (Wildman–Crippen LogP) is 4.11. The molecule has 32 heavy (non-hydrogen) atoms. The summed E-state index contributed by atoms with van der Waals surface area (Å²) < 4.78 is 4.76. The smallest absolute Gasteiger partial charge is 0.366 e. The van der Waals surface area contributed by atoms with E-state index in [4.69, 9.17) is 4.52 Å². The average Bonchev–Trinajstić information content (AvgIpc) is 2.81. The van der Waals surface area contributed by atoms with Gasteiger partial charge in [-0.2, -0.15) is 0 Å². The molecule has 0 bridgehead atoms. The number of rotatable bonds is 3. The van der Waals surface area contributed by atoms with Gasteiger partial charge in [-0.05, 0) is 57.0 Å². The number of anilines is 1. The van der Waals surface area contributed by atoms with E-state index in [1.807, 2.05) is 31.2 Å². The van der Waals surface area contributed by atoms with Gasteiger partial charge < -0.3 is 14.9 Å². The molecule has 1 atom stereocenters. The van der Waals surface area contributed by atoms with Crippen molar-refractivity contribution in [3.05, 3.63) is 69.7 Å². The zero-order valence-corrected chi connectivity index (χ0v) is 18.3. The highest BCUT2D eigenvalue weighted by molar-refractivity contribution is 6.01. The Morgan fingerprint density at radius 2 is 1.81 bits per heavy atom. The van der Waals surface area contributed by atoms with E-state index in [1.165, 1.54) is 0 Å². The van der Waals surface area contributed by atoms with Crippen LogP contribution >= 0.6 is 0 Å². The van der Waals surface area contributed by atoms with Crippen molar-refractivity contribution in [1.29, 1.82) is 0 Å². The van der Waals surface area contributed by atoms with E-state index in [9.17, 15) is 14.7 Å². The third-order valence-corrected chi connectivity index (χ3v) is 6.14. The van der Waals surface area contributed by atoms with Gasteiger partial charge in [-0.1, -0.05) is 54.0 Å². The molecule has 6 nitrogen and oxygen atoms in total. The molecule has 0 spiro atoms. The number of nitrogens with zero attached hydrogens (tertiary/aromatic N) is 1. The Labute approximate surface area is 186 Å². The highest BCUT2D eigenvalue weighted by Gasteiger charge is 2.43. The van der Waals surface area contributed by atoms with E-state index in [2.05, 4.69) is 22.3 Å². The van der Waals surface area contributed by atoms with Gasteiger partial charge in [0.2, 0.25) is 5.60 Å². The molecular weight excluding hydrogens is 404 g/mol. The fourth-order valence-electron chi connectivity index (χ4n) is 4.20. The maximum absolute atomic E-state index is 13.3. The number of aryl methyl sites for hydroxylation is 2. The number of amides is 1. The number of hydrogen-bond acceptors (Lipinski definition) is 5. The summed E-state index contributed by atoms with van der Waals surface area (Å²) >= 11 is 0. The second-order valence-corrected chi connectivity index (χ2v) is 8.49. The second-order valence-electron chi connectivity index (χ2n) is 8.49. The molecule has 2 N–H and O–H groups in total. The van der Waals surface area contributed by atoms with Crippen LogP contribution in [0.3, 0.4) is 0 Å². The third kappa shape index (κ3) is 4.44. The van der Waals surface area contributed by atoms with E-state index in [0.29, 0.717) is 22.2 Å². The number of nitrogens with one attached hydrogen (secondary N) is 1. The summed E-state index contributed by atoms with van der Waals surface area (Å²) in [5.41, 5.74) is 0.513. The molecule has 2 aromatic carbocycles. The Morgan fingerprint density at radius 1 is 1.09 bits per heavy atom. The molecule has 1 aliphatic rings. The largest absolute Gasteiger partial charge is 0.369 e. The predicted molar refractivity (Wildman–Crippen MR) is 123 cm³/mol. The Morgan fingerprint density at radius 3 is 2.53 bits per heavy atom. The van der Waals surface area contributed by atoms with Gasteiger partial charge in [-0.3, -0.25) is 4.79 Å². The molecule has 1 unspecified atom stereocenters. The van der Waals surface area contributed by atoms with E-state index in [0.717, 1.165) is 43.2 Å². The number of aromatic nitrogens is 1. The zero-order valence-electron chi connectivity index (χ0n) is 18.3. The highest BCUT2D eigenvalue weighted by atomic mass is 16.5. The maximum atomic E-state index is 13.3. The van der Waals surface area contributed by atoms with Crippen LogP contribution in [0.25, 0.3) is 10.8 Å². The molecule has 0 saturated heterocycles. The summed E-state index contributed by atoms with van der Waals surface area (Å²) in [7, 11) is 0. The first-order valence-electron chi connectivity index (χ1n) is 10.9. The third-order valence-electron chi connectivity index (χ3n) is 6.14. The molecule has 0 radical (unpaired) electrons. The SMILES string of the molecule is Cc1ccc(C#CC(O)(C(=O)Nc2ccc3c(=O)onc(C)c3c2)C2CCCCC2)cc1. The van der Waals surface area contributed by atoms with Crippen LogP contribution < -0.4 is 10.9 Å². The van der Waals surface area contributed by atoms with Crippen LogP contribution in [-0.4, -0.2) is 21.8 Å². The van der Waals surface area contributed by atoms with Gasteiger partial charge in [-0.25, -0.2) is 4.79 Å². The van der Waals surface area contributed by atoms with E-state index in [1.54, 1.807) is 25.1 Å². The minimum atomic E-state index is -1.82. The molecule has 4 rings (SSSR count). The fraction of sp³-hybridized carbons (Fsp3) is 0.346. The Hall–Kier alpha value is -3.43. The quantitative estimate of drug-likeness (QED) is 0.610. The molecule has 1 fully saturated rings. The van der Waals surface area contributed by atoms with Gasteiger partial charge in [0.25, 0.3) is 5.91 Å². The summed E-state index contributed by atoms with van der Waals surface area (Å²) in [6.07, 6.45) is 4.51. The minimum absolute atomic E-state index is 0.245. The summed E-state index contributed by atoms with van der Waals surface area (Å²) in [5.74, 6) is 5.09. The van der Waals surface area contributed by atoms with E-state index in [-0.39, 0.29) is 5.92 Å². The summed E-state index contributed by atoms with van der Waals surface area (Å²) in [5, 5.41) is 19.1. The molecule has 1 heterocycles. The van der Waals surface area contributed by atoms with Crippen molar-refractivity contribution in [2.45, 2.75) is 51.6 Å². The van der Waals surface area contributed by atoms with Gasteiger partial charge in [0.15, 0.2) is 0 Å². The Kier molecular flexibility index (Phi) is 6.11. The Bertz CT molecular complexity index is 1260. The summed E-state index contributed by atoms with van der Waals surface area (Å²) in [4.78, 5) is 25.2. The zero-order chi connectivity index (χ0) is 22.7. The fourth-order valence-corrected chi connectivity index (χ4v) is 4.20. The monoisotopic (exact) mass is 430 g/mol. The normalized spacial score (nSPS) is 16.1. The molecule has 0 aliphatic heterocycles. The molecule has 164 valence electrons. The minimum Gasteiger partial charge on any atom is -0.369 e. The average molecular weight is 431 g/mol. The van der Waals surface area contributed by atoms with Crippen molar-refractivity contribution >= 4 is 22.4 Å². The number of fused-ring (bicyclic) bond motifs is 1. The maximum Gasteiger partial charge on any atom is 0.366 e. The van der Waals surface area contributed by atoms with Crippen LogP contribution in [0, 0.1) is 31.6 Å². The molecule has 1 aliphatic carbocycles. The van der Waals surface area contributed by atoms with Crippen molar-refractivity contribution in [2.75, 3.05) is 5.32 Å². The van der Waals surface area contributed by atoms with Gasteiger partial charge in [0, 0.05) is 22.6 Å². The van der Waals surface area contributed by atoms with Crippen LogP contribution in [-0.2, 0) is 4.79 Å². The molecule has 1 amide bonds. The number of carbonyl (C=O) groups excluding carboxylic acids is 1. The van der Waals surface area contributed by atoms with Crippen LogP contribution in [0.2, 0.25) is 0 Å².